The topological polar surface area (TPSA) is 95.8 Å². The number of ether oxygens (including phenoxy) is 2. The molecular weight excluding hydrogens is 422 g/mol. The van der Waals surface area contributed by atoms with E-state index in [1.807, 2.05) is 59.2 Å². The molecule has 0 saturated carbocycles. The van der Waals surface area contributed by atoms with E-state index in [2.05, 4.69) is 4.98 Å². The summed E-state index contributed by atoms with van der Waals surface area (Å²) < 4.78 is 15.9. The summed E-state index contributed by atoms with van der Waals surface area (Å²) in [5, 5.41) is 8.98. The molecule has 0 aliphatic carbocycles. The highest BCUT2D eigenvalue weighted by Gasteiger charge is 2.18. The van der Waals surface area contributed by atoms with Gasteiger partial charge in [-0.25, -0.2) is 9.38 Å². The average Bonchev–Trinajstić information content (AvgIpc) is 3.42. The SMILES string of the molecule is COc1ccc(-c2cn3c(=O)c4ncn(COCCO)c4nc3n2Cc2ccccc2)cc1. The lowest BCUT2D eigenvalue weighted by Crippen LogP contribution is -2.16. The Morgan fingerprint density at radius 2 is 1.85 bits per heavy atom. The van der Waals surface area contributed by atoms with Crippen molar-refractivity contribution in [2.75, 3.05) is 20.3 Å². The van der Waals surface area contributed by atoms with Crippen LogP contribution in [0.4, 0.5) is 0 Å². The molecule has 0 spiro atoms. The molecule has 33 heavy (non-hydrogen) atoms. The maximum Gasteiger partial charge on any atom is 0.287 e. The number of imidazole rings is 2. The maximum absolute atomic E-state index is 13.3. The van der Waals surface area contributed by atoms with Gasteiger partial charge in [0.05, 0.1) is 38.9 Å². The largest absolute Gasteiger partial charge is 0.497 e. The summed E-state index contributed by atoms with van der Waals surface area (Å²) in [6, 6.07) is 17.7. The minimum Gasteiger partial charge on any atom is -0.497 e. The van der Waals surface area contributed by atoms with E-state index in [9.17, 15) is 4.79 Å². The maximum atomic E-state index is 13.3. The third-order valence-electron chi connectivity index (χ3n) is 5.47. The summed E-state index contributed by atoms with van der Waals surface area (Å²) in [6.45, 7) is 0.779. The third-order valence-corrected chi connectivity index (χ3v) is 5.47. The number of aromatic nitrogens is 5. The fourth-order valence-corrected chi connectivity index (χ4v) is 3.84. The molecule has 3 aromatic heterocycles. The van der Waals surface area contributed by atoms with Gasteiger partial charge in [-0.05, 0) is 29.8 Å². The van der Waals surface area contributed by atoms with Crippen LogP contribution in [0.25, 0.3) is 28.2 Å². The fraction of sp³-hybridized carbons (Fsp3) is 0.208. The van der Waals surface area contributed by atoms with Crippen molar-refractivity contribution in [3.05, 3.63) is 83.0 Å². The van der Waals surface area contributed by atoms with E-state index in [4.69, 9.17) is 19.6 Å². The number of methoxy groups -OCH3 is 1. The molecule has 5 rings (SSSR count). The molecule has 0 saturated heterocycles. The average molecular weight is 445 g/mol. The number of hydrogen-bond acceptors (Lipinski definition) is 6. The zero-order valence-electron chi connectivity index (χ0n) is 18.1. The molecule has 2 aromatic carbocycles. The van der Waals surface area contributed by atoms with Crippen molar-refractivity contribution >= 4 is 16.9 Å². The zero-order valence-corrected chi connectivity index (χ0v) is 18.1. The lowest BCUT2D eigenvalue weighted by molar-refractivity contribution is 0.0499. The van der Waals surface area contributed by atoms with Gasteiger partial charge in [-0.2, -0.15) is 4.98 Å². The molecule has 9 nitrogen and oxygen atoms in total. The second kappa shape index (κ2) is 8.89. The van der Waals surface area contributed by atoms with Gasteiger partial charge < -0.3 is 19.1 Å². The molecule has 5 aromatic rings. The molecule has 0 atom stereocenters. The van der Waals surface area contributed by atoms with Gasteiger partial charge in [-0.15, -0.1) is 0 Å². The molecule has 0 bridgehead atoms. The van der Waals surface area contributed by atoms with Crippen LogP contribution in [0, 0.1) is 0 Å². The monoisotopic (exact) mass is 445 g/mol. The van der Waals surface area contributed by atoms with Crippen molar-refractivity contribution in [1.29, 1.82) is 0 Å². The molecule has 0 unspecified atom stereocenters. The highest BCUT2D eigenvalue weighted by atomic mass is 16.5. The second-order valence-corrected chi connectivity index (χ2v) is 7.55. The summed E-state index contributed by atoms with van der Waals surface area (Å²) in [4.78, 5) is 22.4. The first-order valence-electron chi connectivity index (χ1n) is 10.5. The van der Waals surface area contributed by atoms with Gasteiger partial charge in [-0.3, -0.25) is 9.36 Å². The molecule has 3 heterocycles. The van der Waals surface area contributed by atoms with Crippen LogP contribution in [0.15, 0.2) is 71.9 Å². The van der Waals surface area contributed by atoms with Gasteiger partial charge in [0.2, 0.25) is 5.78 Å². The Morgan fingerprint density at radius 1 is 1.06 bits per heavy atom. The van der Waals surface area contributed by atoms with E-state index in [0.717, 1.165) is 22.6 Å². The van der Waals surface area contributed by atoms with Crippen LogP contribution in [-0.2, 0) is 18.0 Å². The van der Waals surface area contributed by atoms with Gasteiger partial charge >= 0.3 is 0 Å². The lowest BCUT2D eigenvalue weighted by atomic mass is 10.1. The van der Waals surface area contributed by atoms with Crippen LogP contribution in [0.1, 0.15) is 5.56 Å². The molecule has 0 aliphatic rings. The normalized spacial score (nSPS) is 11.5. The van der Waals surface area contributed by atoms with Crippen molar-refractivity contribution in [3.8, 4) is 17.0 Å². The molecule has 168 valence electrons. The highest BCUT2D eigenvalue weighted by Crippen LogP contribution is 2.26. The number of nitrogens with zero attached hydrogens (tertiary/aromatic N) is 5. The fourth-order valence-electron chi connectivity index (χ4n) is 3.84. The Kier molecular flexibility index (Phi) is 5.64. The summed E-state index contributed by atoms with van der Waals surface area (Å²) in [5.74, 6) is 1.26. The number of fused-ring (bicyclic) bond motifs is 2. The van der Waals surface area contributed by atoms with Crippen LogP contribution in [-0.4, -0.2) is 48.9 Å². The second-order valence-electron chi connectivity index (χ2n) is 7.55. The van der Waals surface area contributed by atoms with Crippen LogP contribution >= 0.6 is 0 Å². The molecule has 0 radical (unpaired) electrons. The van der Waals surface area contributed by atoms with E-state index in [0.29, 0.717) is 18.0 Å². The van der Waals surface area contributed by atoms with Gasteiger partial charge in [0.25, 0.3) is 5.56 Å². The summed E-state index contributed by atoms with van der Waals surface area (Å²) >= 11 is 0. The van der Waals surface area contributed by atoms with E-state index in [-0.39, 0.29) is 31.0 Å². The quantitative estimate of drug-likeness (QED) is 0.369. The van der Waals surface area contributed by atoms with Crippen molar-refractivity contribution in [1.82, 2.24) is 23.5 Å². The van der Waals surface area contributed by atoms with Crippen LogP contribution < -0.4 is 10.3 Å². The third kappa shape index (κ3) is 3.88. The van der Waals surface area contributed by atoms with Crippen molar-refractivity contribution in [2.45, 2.75) is 13.3 Å². The zero-order chi connectivity index (χ0) is 22.8. The molecule has 9 heteroatoms. The van der Waals surface area contributed by atoms with E-state index in [1.165, 1.54) is 10.7 Å². The Labute approximate surface area is 189 Å². The summed E-state index contributed by atoms with van der Waals surface area (Å²) in [5.41, 5.74) is 3.31. The Hall–Kier alpha value is -3.95. The molecule has 0 fully saturated rings. The predicted molar refractivity (Wildman–Crippen MR) is 123 cm³/mol. The predicted octanol–water partition coefficient (Wildman–Crippen LogP) is 2.54. The van der Waals surface area contributed by atoms with Crippen LogP contribution in [0.5, 0.6) is 5.75 Å². The Balaban J connectivity index is 1.71. The van der Waals surface area contributed by atoms with Gasteiger partial charge in [0, 0.05) is 11.8 Å². The van der Waals surface area contributed by atoms with E-state index < -0.39 is 0 Å². The first-order chi connectivity index (χ1) is 16.2. The molecular formula is C24H23N5O4. The number of aliphatic hydroxyl groups excluding tert-OH is 1. The van der Waals surface area contributed by atoms with Crippen LogP contribution in [0.3, 0.4) is 0 Å². The van der Waals surface area contributed by atoms with Crippen molar-refractivity contribution in [3.63, 3.8) is 0 Å². The standard InChI is InChI=1S/C24H23N5O4/c1-32-19-9-7-18(8-10-19)20-14-29-23(31)21-22(27(15-25-21)16-33-12-11-30)26-24(29)28(20)13-17-5-3-2-4-6-17/h2-10,14-15,30H,11-13,16H2,1H3. The number of rotatable bonds is 8. The first kappa shape index (κ1) is 20.9. The van der Waals surface area contributed by atoms with Gasteiger partial charge in [-0.1, -0.05) is 30.3 Å². The van der Waals surface area contributed by atoms with Gasteiger partial charge in [0.1, 0.15) is 12.5 Å². The minimum atomic E-state index is -0.252. The Morgan fingerprint density at radius 3 is 2.58 bits per heavy atom. The number of hydrogen-bond donors (Lipinski definition) is 1. The Bertz CT molecular complexity index is 1450. The van der Waals surface area contributed by atoms with E-state index >= 15 is 0 Å². The van der Waals surface area contributed by atoms with Crippen LogP contribution in [0.2, 0.25) is 0 Å². The number of benzene rings is 2. The van der Waals surface area contributed by atoms with Crippen molar-refractivity contribution in [2.24, 2.45) is 0 Å². The van der Waals surface area contributed by atoms with Crippen molar-refractivity contribution < 1.29 is 14.6 Å². The highest BCUT2D eigenvalue weighted by molar-refractivity contribution is 5.73. The smallest absolute Gasteiger partial charge is 0.287 e. The van der Waals surface area contributed by atoms with E-state index in [1.54, 1.807) is 17.9 Å². The molecule has 0 aliphatic heterocycles. The summed E-state index contributed by atoms with van der Waals surface area (Å²) in [6.07, 6.45) is 3.33. The summed E-state index contributed by atoms with van der Waals surface area (Å²) in [7, 11) is 1.63. The molecule has 0 amide bonds. The molecule has 1 N–H and O–H groups in total. The minimum absolute atomic E-state index is 0.0852. The lowest BCUT2D eigenvalue weighted by Gasteiger charge is -2.11. The number of aliphatic hydroxyl groups is 1. The van der Waals surface area contributed by atoms with Gasteiger partial charge in [0.15, 0.2) is 11.2 Å². The first-order valence-corrected chi connectivity index (χ1v) is 10.5.